The second-order valence-corrected chi connectivity index (χ2v) is 14.4. The number of likely N-dealkylation sites (tertiary alicyclic amines) is 1. The molecule has 10 nitrogen and oxygen atoms in total. The zero-order valence-electron chi connectivity index (χ0n) is 27.1. The van der Waals surface area contributed by atoms with Crippen LogP contribution in [0.3, 0.4) is 0 Å². The van der Waals surface area contributed by atoms with E-state index in [4.69, 9.17) is 10.5 Å². The summed E-state index contributed by atoms with van der Waals surface area (Å²) >= 11 is 0. The molecule has 2 aromatic carbocycles. The molecule has 0 bridgehead atoms. The first kappa shape index (κ1) is 36.5. The lowest BCUT2D eigenvalue weighted by Gasteiger charge is -2.30. The number of sulfone groups is 1. The minimum atomic E-state index is -3.77. The van der Waals surface area contributed by atoms with Crippen LogP contribution in [0.4, 0.5) is 4.79 Å². The Labute approximate surface area is 269 Å². The quantitative estimate of drug-likeness (QED) is 0.223. The summed E-state index contributed by atoms with van der Waals surface area (Å²) in [5.74, 6) is -1.16. The Kier molecular flexibility index (Phi) is 14.8. The number of aryl methyl sites for hydroxylation is 1. The van der Waals surface area contributed by atoms with E-state index >= 15 is 0 Å². The number of nitrogens with zero attached hydrogens (tertiary/aromatic N) is 2. The Balaban J connectivity index is 1.81. The van der Waals surface area contributed by atoms with E-state index < -0.39 is 45.0 Å². The van der Waals surface area contributed by atoms with Gasteiger partial charge in [-0.2, -0.15) is 0 Å². The molecule has 0 saturated carbocycles. The van der Waals surface area contributed by atoms with Crippen molar-refractivity contribution in [1.82, 2.24) is 15.1 Å². The van der Waals surface area contributed by atoms with Gasteiger partial charge in [0.05, 0.1) is 17.1 Å². The van der Waals surface area contributed by atoms with Crippen molar-refractivity contribution in [1.29, 1.82) is 0 Å². The van der Waals surface area contributed by atoms with E-state index in [1.54, 1.807) is 0 Å². The molecule has 1 saturated heterocycles. The van der Waals surface area contributed by atoms with Crippen molar-refractivity contribution >= 4 is 21.8 Å². The number of aliphatic hydroxyl groups excluding tert-OH is 1. The third kappa shape index (κ3) is 11.7. The number of benzene rings is 2. The van der Waals surface area contributed by atoms with E-state index in [9.17, 15) is 23.1 Å². The van der Waals surface area contributed by atoms with E-state index in [0.717, 1.165) is 36.2 Å². The highest BCUT2D eigenvalue weighted by Crippen LogP contribution is 2.20. The number of alkyl carbamates (subject to hydrolysis) is 1. The fraction of sp³-hybridized carbons (Fsp3) is 0.588. The monoisotopic (exact) mass is 644 g/mol. The van der Waals surface area contributed by atoms with Gasteiger partial charge in [-0.05, 0) is 42.4 Å². The maximum Gasteiger partial charge on any atom is 0.408 e. The van der Waals surface area contributed by atoms with Crippen molar-refractivity contribution < 1.29 is 27.9 Å². The molecule has 0 radical (unpaired) electrons. The highest BCUT2D eigenvalue weighted by atomic mass is 32.2. The first-order chi connectivity index (χ1) is 21.6. The molecular weight excluding hydrogens is 592 g/mol. The molecule has 45 heavy (non-hydrogen) atoms. The van der Waals surface area contributed by atoms with E-state index in [2.05, 4.69) is 10.2 Å². The SMILES string of the molecule is CCCC(CCC)S(=O)(=O)CC(NC(=O)O[C@@H]1CCN(Cc2ccccc2)C1)C(=O)N(Cc1cccc(CC)c1)C[C@@H](O)CN. The number of ether oxygens (including phenoxy) is 1. The molecule has 0 aromatic heterocycles. The van der Waals surface area contributed by atoms with Crippen molar-refractivity contribution in [2.75, 3.05) is 31.9 Å². The van der Waals surface area contributed by atoms with Gasteiger partial charge in [-0.25, -0.2) is 13.2 Å². The normalized spacial score (nSPS) is 16.8. The van der Waals surface area contributed by atoms with Crippen LogP contribution in [0, 0.1) is 0 Å². The van der Waals surface area contributed by atoms with Gasteiger partial charge in [-0.1, -0.05) is 88.2 Å². The van der Waals surface area contributed by atoms with Crippen LogP contribution in [0.15, 0.2) is 54.6 Å². The number of carbonyl (C=O) groups is 2. The fourth-order valence-corrected chi connectivity index (χ4v) is 8.00. The van der Waals surface area contributed by atoms with Crippen LogP contribution < -0.4 is 11.1 Å². The van der Waals surface area contributed by atoms with Gasteiger partial charge in [0, 0.05) is 39.3 Å². The molecule has 11 heteroatoms. The number of rotatable bonds is 18. The lowest BCUT2D eigenvalue weighted by molar-refractivity contribution is -0.134. The molecule has 250 valence electrons. The summed E-state index contributed by atoms with van der Waals surface area (Å²) in [6, 6.07) is 16.4. The van der Waals surface area contributed by atoms with Crippen molar-refractivity contribution in [3.05, 3.63) is 71.3 Å². The molecular formula is C34H52N4O6S. The molecule has 3 atom stereocenters. The molecule has 2 amide bonds. The van der Waals surface area contributed by atoms with Gasteiger partial charge in [0.15, 0.2) is 9.84 Å². The molecule has 1 heterocycles. The van der Waals surface area contributed by atoms with Crippen LogP contribution in [-0.2, 0) is 38.9 Å². The summed E-state index contributed by atoms with van der Waals surface area (Å²) in [7, 11) is -3.77. The van der Waals surface area contributed by atoms with Crippen molar-refractivity contribution in [2.45, 2.75) is 95.9 Å². The Morgan fingerprint density at radius 3 is 2.36 bits per heavy atom. The average Bonchev–Trinajstić information content (AvgIpc) is 3.46. The van der Waals surface area contributed by atoms with Crippen LogP contribution in [0.5, 0.6) is 0 Å². The molecule has 0 spiro atoms. The number of aliphatic hydroxyl groups is 1. The predicted octanol–water partition coefficient (Wildman–Crippen LogP) is 3.65. The topological polar surface area (TPSA) is 142 Å². The molecule has 3 rings (SSSR count). The molecule has 1 unspecified atom stereocenters. The molecule has 0 aliphatic carbocycles. The Bertz CT molecular complexity index is 1300. The Hall–Kier alpha value is -2.99. The van der Waals surface area contributed by atoms with Gasteiger partial charge in [0.2, 0.25) is 5.91 Å². The van der Waals surface area contributed by atoms with Gasteiger partial charge >= 0.3 is 6.09 Å². The average molecular weight is 645 g/mol. The number of hydrogen-bond acceptors (Lipinski definition) is 8. The second kappa shape index (κ2) is 18.2. The number of amides is 2. The van der Waals surface area contributed by atoms with E-state index in [-0.39, 0.29) is 25.7 Å². The fourth-order valence-electron chi connectivity index (χ4n) is 5.85. The van der Waals surface area contributed by atoms with E-state index in [1.165, 1.54) is 4.90 Å². The lowest BCUT2D eigenvalue weighted by atomic mass is 10.1. The summed E-state index contributed by atoms with van der Waals surface area (Å²) in [4.78, 5) is 31.0. The molecule has 2 aromatic rings. The standard InChI is InChI=1S/C34H52N4O6S/c1-4-11-31(12-5-2)45(42,43)25-32(33(40)38(23-29(39)20-35)22-28-16-10-15-26(6-3)19-28)36-34(41)44-30-17-18-37(24-30)21-27-13-8-7-9-14-27/h7-10,13-16,19,29-32,39H,4-6,11-12,17-18,20-25,35H2,1-3H3,(H,36,41)/t29-,30+,32?/m0/s1. The van der Waals surface area contributed by atoms with Crippen molar-refractivity contribution in [3.8, 4) is 0 Å². The van der Waals surface area contributed by atoms with Gasteiger partial charge in [0.25, 0.3) is 0 Å². The summed E-state index contributed by atoms with van der Waals surface area (Å²) in [6.45, 7) is 7.86. The number of nitrogens with one attached hydrogen (secondary N) is 1. The first-order valence-corrected chi connectivity index (χ1v) is 18.0. The second-order valence-electron chi connectivity index (χ2n) is 12.0. The van der Waals surface area contributed by atoms with Gasteiger partial charge in [0.1, 0.15) is 12.1 Å². The molecule has 1 aliphatic rings. The predicted molar refractivity (Wildman–Crippen MR) is 177 cm³/mol. The number of carbonyl (C=O) groups excluding carboxylic acids is 2. The highest BCUT2D eigenvalue weighted by molar-refractivity contribution is 7.92. The van der Waals surface area contributed by atoms with Crippen LogP contribution in [0.1, 0.15) is 69.6 Å². The third-order valence-electron chi connectivity index (χ3n) is 8.26. The van der Waals surface area contributed by atoms with E-state index in [1.807, 2.05) is 75.4 Å². The van der Waals surface area contributed by atoms with Crippen LogP contribution in [0.2, 0.25) is 0 Å². The maximum absolute atomic E-state index is 14.1. The largest absolute Gasteiger partial charge is 0.445 e. The zero-order chi connectivity index (χ0) is 32.8. The summed E-state index contributed by atoms with van der Waals surface area (Å²) in [5, 5.41) is 12.4. The smallest absolute Gasteiger partial charge is 0.408 e. The van der Waals surface area contributed by atoms with Crippen LogP contribution in [0.25, 0.3) is 0 Å². The van der Waals surface area contributed by atoms with E-state index in [0.29, 0.717) is 38.6 Å². The van der Waals surface area contributed by atoms with Crippen molar-refractivity contribution in [3.63, 3.8) is 0 Å². The zero-order valence-corrected chi connectivity index (χ0v) is 27.9. The molecule has 1 aliphatic heterocycles. The molecule has 1 fully saturated rings. The molecule has 4 N–H and O–H groups in total. The lowest BCUT2D eigenvalue weighted by Crippen LogP contribution is -2.54. The number of nitrogens with two attached hydrogens (primary N) is 1. The van der Waals surface area contributed by atoms with Gasteiger partial charge in [-0.3, -0.25) is 9.69 Å². The summed E-state index contributed by atoms with van der Waals surface area (Å²) in [6.07, 6.45) is 1.51. The van der Waals surface area contributed by atoms with Crippen LogP contribution >= 0.6 is 0 Å². The maximum atomic E-state index is 14.1. The minimum Gasteiger partial charge on any atom is -0.445 e. The number of hydrogen-bond donors (Lipinski definition) is 3. The Morgan fingerprint density at radius 2 is 1.71 bits per heavy atom. The summed E-state index contributed by atoms with van der Waals surface area (Å²) in [5.41, 5.74) is 8.77. The summed E-state index contributed by atoms with van der Waals surface area (Å²) < 4.78 is 33.1. The van der Waals surface area contributed by atoms with Crippen molar-refractivity contribution in [2.24, 2.45) is 5.73 Å². The highest BCUT2D eigenvalue weighted by Gasteiger charge is 2.36. The minimum absolute atomic E-state index is 0.0759. The van der Waals surface area contributed by atoms with Gasteiger partial charge in [-0.15, -0.1) is 0 Å². The van der Waals surface area contributed by atoms with Crippen LogP contribution in [-0.4, -0.2) is 90.8 Å². The Morgan fingerprint density at radius 1 is 1.04 bits per heavy atom. The van der Waals surface area contributed by atoms with Gasteiger partial charge < -0.3 is 25.8 Å². The third-order valence-corrected chi connectivity index (χ3v) is 10.5. The first-order valence-electron chi connectivity index (χ1n) is 16.3.